The Morgan fingerprint density at radius 3 is 1.36 bits per heavy atom. The zero-order valence-electron chi connectivity index (χ0n) is 19.6. The zero-order chi connectivity index (χ0) is 20.8. The SMILES string of the molecule is CC=CCO[Si](CCCCCCCCCCCCCCCCCC)(OC)OC. The Kier molecular flexibility index (Phi) is 21.4. The van der Waals surface area contributed by atoms with E-state index in [4.69, 9.17) is 13.3 Å². The fraction of sp³-hybridized carbons (Fsp3) is 0.917. The minimum Gasteiger partial charge on any atom is -0.377 e. The summed E-state index contributed by atoms with van der Waals surface area (Å²) in [5, 5.41) is 0. The third-order valence-corrected chi connectivity index (χ3v) is 8.41. The number of allylic oxidation sites excluding steroid dienone is 1. The van der Waals surface area contributed by atoms with Gasteiger partial charge in [-0.2, -0.15) is 0 Å². The number of rotatable bonds is 22. The number of unbranched alkanes of at least 4 members (excludes halogenated alkanes) is 15. The van der Waals surface area contributed by atoms with Gasteiger partial charge in [0.25, 0.3) is 0 Å². The van der Waals surface area contributed by atoms with E-state index in [9.17, 15) is 0 Å². The van der Waals surface area contributed by atoms with Crippen molar-refractivity contribution in [2.75, 3.05) is 20.8 Å². The summed E-state index contributed by atoms with van der Waals surface area (Å²) in [4.78, 5) is 0. The van der Waals surface area contributed by atoms with Gasteiger partial charge >= 0.3 is 8.80 Å². The lowest BCUT2D eigenvalue weighted by Gasteiger charge is -2.25. The first kappa shape index (κ1) is 27.8. The number of hydrogen-bond acceptors (Lipinski definition) is 3. The van der Waals surface area contributed by atoms with Crippen molar-refractivity contribution < 1.29 is 13.3 Å². The second kappa shape index (κ2) is 21.5. The molecule has 0 radical (unpaired) electrons. The normalized spacial score (nSPS) is 12.3. The highest BCUT2D eigenvalue weighted by Gasteiger charge is 2.37. The quantitative estimate of drug-likeness (QED) is 0.102. The monoisotopic (exact) mass is 414 g/mol. The van der Waals surface area contributed by atoms with Crippen LogP contribution in [0.15, 0.2) is 12.2 Å². The Hall–Kier alpha value is -0.163. The molecule has 0 rings (SSSR count). The highest BCUT2D eigenvalue weighted by Crippen LogP contribution is 2.19. The van der Waals surface area contributed by atoms with Gasteiger partial charge in [-0.1, -0.05) is 115 Å². The lowest BCUT2D eigenvalue weighted by atomic mass is 10.0. The molecule has 3 nitrogen and oxygen atoms in total. The van der Waals surface area contributed by atoms with Crippen LogP contribution in [-0.2, 0) is 13.3 Å². The van der Waals surface area contributed by atoms with E-state index in [0.717, 1.165) is 12.5 Å². The highest BCUT2D eigenvalue weighted by molar-refractivity contribution is 6.60. The molecule has 0 aliphatic carbocycles. The summed E-state index contributed by atoms with van der Waals surface area (Å²) in [5.74, 6) is 0. The van der Waals surface area contributed by atoms with Gasteiger partial charge in [0.1, 0.15) is 0 Å². The maximum absolute atomic E-state index is 5.90. The topological polar surface area (TPSA) is 27.7 Å². The van der Waals surface area contributed by atoms with Crippen LogP contribution < -0.4 is 0 Å². The molecule has 0 aromatic heterocycles. The van der Waals surface area contributed by atoms with E-state index in [1.807, 2.05) is 19.1 Å². The molecule has 0 saturated heterocycles. The standard InChI is InChI=1S/C24H50O3Si/c1-5-7-9-10-11-12-13-14-15-16-17-18-19-20-21-22-24-28(25-3,26-4)27-23-8-6-2/h6,8H,5,7,9-24H2,1-4H3. The summed E-state index contributed by atoms with van der Waals surface area (Å²) >= 11 is 0. The summed E-state index contributed by atoms with van der Waals surface area (Å²) in [7, 11) is 1.00. The van der Waals surface area contributed by atoms with Crippen LogP contribution in [0, 0.1) is 0 Å². The first-order valence-corrected chi connectivity index (χ1v) is 14.0. The molecule has 0 heterocycles. The van der Waals surface area contributed by atoms with E-state index >= 15 is 0 Å². The van der Waals surface area contributed by atoms with E-state index in [2.05, 4.69) is 6.92 Å². The molecule has 4 heteroatoms. The molecule has 0 saturated carbocycles. The summed E-state index contributed by atoms with van der Waals surface area (Å²) < 4.78 is 17.1. The first-order chi connectivity index (χ1) is 13.7. The summed E-state index contributed by atoms with van der Waals surface area (Å²) in [6.45, 7) is 4.88. The second-order valence-corrected chi connectivity index (χ2v) is 11.0. The van der Waals surface area contributed by atoms with Crippen molar-refractivity contribution in [3.63, 3.8) is 0 Å². The molecule has 0 unspecified atom stereocenters. The van der Waals surface area contributed by atoms with Crippen LogP contribution in [0.2, 0.25) is 6.04 Å². The predicted octanol–water partition coefficient (Wildman–Crippen LogP) is 8.07. The summed E-state index contributed by atoms with van der Waals surface area (Å²) in [6, 6.07) is 0.927. The molecule has 0 aliphatic heterocycles. The van der Waals surface area contributed by atoms with E-state index in [0.29, 0.717) is 6.61 Å². The van der Waals surface area contributed by atoms with Gasteiger partial charge in [-0.3, -0.25) is 0 Å². The lowest BCUT2D eigenvalue weighted by Crippen LogP contribution is -2.43. The van der Waals surface area contributed by atoms with Gasteiger partial charge in [-0.05, 0) is 13.3 Å². The van der Waals surface area contributed by atoms with Crippen LogP contribution in [0.5, 0.6) is 0 Å². The molecule has 0 spiro atoms. The van der Waals surface area contributed by atoms with Crippen LogP contribution >= 0.6 is 0 Å². The molecular weight excluding hydrogens is 364 g/mol. The van der Waals surface area contributed by atoms with Crippen molar-refractivity contribution in [3.8, 4) is 0 Å². The maximum Gasteiger partial charge on any atom is 0.500 e. The van der Waals surface area contributed by atoms with Crippen molar-refractivity contribution >= 4 is 8.80 Å². The third-order valence-electron chi connectivity index (χ3n) is 5.59. The average Bonchev–Trinajstić information content (AvgIpc) is 2.72. The van der Waals surface area contributed by atoms with Crippen molar-refractivity contribution in [3.05, 3.63) is 12.2 Å². The van der Waals surface area contributed by atoms with Crippen LogP contribution in [0.4, 0.5) is 0 Å². The van der Waals surface area contributed by atoms with Gasteiger partial charge in [0.05, 0.1) is 6.61 Å². The minimum absolute atomic E-state index is 0.587. The van der Waals surface area contributed by atoms with E-state index < -0.39 is 8.80 Å². The van der Waals surface area contributed by atoms with E-state index in [-0.39, 0.29) is 0 Å². The van der Waals surface area contributed by atoms with Crippen LogP contribution in [0.25, 0.3) is 0 Å². The van der Waals surface area contributed by atoms with E-state index in [1.165, 1.54) is 96.3 Å². The molecule has 0 fully saturated rings. The fourth-order valence-corrected chi connectivity index (χ4v) is 5.63. The van der Waals surface area contributed by atoms with Gasteiger partial charge < -0.3 is 13.3 Å². The number of hydrogen-bond donors (Lipinski definition) is 0. The van der Waals surface area contributed by atoms with Crippen molar-refractivity contribution in [2.24, 2.45) is 0 Å². The Bertz CT molecular complexity index is 330. The average molecular weight is 415 g/mol. The van der Waals surface area contributed by atoms with Crippen molar-refractivity contribution in [1.82, 2.24) is 0 Å². The Balaban J connectivity index is 3.42. The maximum atomic E-state index is 5.90. The van der Waals surface area contributed by atoms with Gasteiger partial charge in [-0.15, -0.1) is 0 Å². The molecular formula is C24H50O3Si. The van der Waals surface area contributed by atoms with Gasteiger partial charge in [-0.25, -0.2) is 0 Å². The predicted molar refractivity (Wildman–Crippen MR) is 125 cm³/mol. The van der Waals surface area contributed by atoms with Gasteiger partial charge in [0.2, 0.25) is 0 Å². The minimum atomic E-state index is -2.44. The molecule has 0 aliphatic rings. The Labute approximate surface area is 178 Å². The lowest BCUT2D eigenvalue weighted by molar-refractivity contribution is 0.109. The molecule has 28 heavy (non-hydrogen) atoms. The largest absolute Gasteiger partial charge is 0.500 e. The van der Waals surface area contributed by atoms with E-state index in [1.54, 1.807) is 14.2 Å². The second-order valence-electron chi connectivity index (χ2n) is 8.02. The molecule has 0 aromatic carbocycles. The summed E-state index contributed by atoms with van der Waals surface area (Å²) in [5.41, 5.74) is 0. The Morgan fingerprint density at radius 1 is 0.607 bits per heavy atom. The van der Waals surface area contributed by atoms with Crippen LogP contribution in [0.3, 0.4) is 0 Å². The van der Waals surface area contributed by atoms with Gasteiger partial charge in [0.15, 0.2) is 0 Å². The fourth-order valence-electron chi connectivity index (χ4n) is 3.64. The van der Waals surface area contributed by atoms with Gasteiger partial charge in [0, 0.05) is 20.3 Å². The van der Waals surface area contributed by atoms with Crippen molar-refractivity contribution in [1.29, 1.82) is 0 Å². The smallest absolute Gasteiger partial charge is 0.377 e. The molecule has 0 N–H and O–H groups in total. The zero-order valence-corrected chi connectivity index (χ0v) is 20.6. The molecule has 0 amide bonds. The third kappa shape index (κ3) is 16.8. The van der Waals surface area contributed by atoms with Crippen LogP contribution in [-0.4, -0.2) is 29.6 Å². The molecule has 0 atom stereocenters. The molecule has 0 bridgehead atoms. The first-order valence-electron chi connectivity index (χ1n) is 12.1. The van der Waals surface area contributed by atoms with Crippen LogP contribution in [0.1, 0.15) is 117 Å². The summed E-state index contributed by atoms with van der Waals surface area (Å²) in [6.07, 6.45) is 26.3. The highest BCUT2D eigenvalue weighted by atomic mass is 28.4. The van der Waals surface area contributed by atoms with Crippen molar-refractivity contribution in [2.45, 2.75) is 123 Å². The Morgan fingerprint density at radius 2 is 1.00 bits per heavy atom. The molecule has 0 aromatic rings. The molecule has 168 valence electrons.